The standard InChI is InChI=1S/C7H16.C6H12.4C6H14.2C5H12.C4H10.C3H8.4C2H6/c1-5-7(3,4)6-2;1-6-4-2-3-5-6;3*1-5-6(2,3)4;1-4-6(3)5-2;1-5(2,3)4;1-4-5(2)3;1-4(2)3;1-3-2;4*1-2/h5-6H2,1-4H3;6H,2-5H2,1H3;3*5H2,1-4H3;6H,4-5H2,1-3H3;1-4H3;5H,4H2,1-3H3;4H,1-3H3;3H2,1-2H3;4*1-2H3. The minimum atomic E-state index is 0.500. The van der Waals surface area contributed by atoms with E-state index in [1.165, 1.54) is 83.5 Å². The minimum Gasteiger partial charge on any atom is -0.0683 e. The highest BCUT2D eigenvalue weighted by atomic mass is 14.2. The lowest BCUT2D eigenvalue weighted by Crippen LogP contribution is -2.05. The molecule has 0 N–H and O–H groups in total. The summed E-state index contributed by atoms with van der Waals surface area (Å²) < 4.78 is 0. The summed E-state index contributed by atoms with van der Waals surface area (Å²) in [6.07, 6.45) is 17.6. The van der Waals surface area contributed by atoms with Crippen LogP contribution in [0, 0.1) is 50.7 Å². The predicted molar refractivity (Wildman–Crippen MR) is 313 cm³/mol. The zero-order chi connectivity index (χ0) is 54.0. The first-order valence-corrected chi connectivity index (χ1v) is 27.9. The normalized spacial score (nSPS) is 11.3. The fraction of sp³-hybridized carbons (Fsp3) is 1.00. The Bertz CT molecular complexity index is 532. The topological polar surface area (TPSA) is 0 Å². The van der Waals surface area contributed by atoms with Gasteiger partial charge in [-0.15, -0.1) is 0 Å². The van der Waals surface area contributed by atoms with Crippen molar-refractivity contribution in [3.63, 3.8) is 0 Å². The second-order valence-electron chi connectivity index (χ2n) is 23.2. The average Bonchev–Trinajstić information content (AvgIpc) is 3.68. The largest absolute Gasteiger partial charge is 0.0683 e. The molecule has 0 aromatic rings. The maximum atomic E-state index is 2.34. The first-order chi connectivity index (χ1) is 27.9. The molecule has 0 amide bonds. The molecule has 398 valence electrons. The quantitative estimate of drug-likeness (QED) is 0.258. The van der Waals surface area contributed by atoms with Crippen LogP contribution in [0.4, 0.5) is 0 Å². The Morgan fingerprint density at radius 1 is 0.371 bits per heavy atom. The van der Waals surface area contributed by atoms with E-state index >= 15 is 0 Å². The maximum absolute atomic E-state index is 2.34. The van der Waals surface area contributed by atoms with Crippen LogP contribution in [0.3, 0.4) is 0 Å². The van der Waals surface area contributed by atoms with Crippen molar-refractivity contribution in [2.24, 2.45) is 50.7 Å². The van der Waals surface area contributed by atoms with Gasteiger partial charge in [0.25, 0.3) is 0 Å². The summed E-state index contributed by atoms with van der Waals surface area (Å²) in [5.41, 5.74) is 2.71. The molecular formula is C62H150. The Kier molecular flexibility index (Phi) is 113. The van der Waals surface area contributed by atoms with Crippen LogP contribution in [-0.4, -0.2) is 0 Å². The number of hydrogen-bond acceptors (Lipinski definition) is 0. The Labute approximate surface area is 409 Å². The fourth-order valence-corrected chi connectivity index (χ4v) is 1.67. The van der Waals surface area contributed by atoms with E-state index in [9.17, 15) is 0 Å². The number of rotatable bonds is 5. The van der Waals surface area contributed by atoms with Gasteiger partial charge in [-0.3, -0.25) is 0 Å². The van der Waals surface area contributed by atoms with Crippen molar-refractivity contribution in [1.29, 1.82) is 0 Å². The van der Waals surface area contributed by atoms with E-state index in [2.05, 4.69) is 222 Å². The lowest BCUT2D eigenvalue weighted by molar-refractivity contribution is 0.338. The third-order valence-corrected chi connectivity index (χ3v) is 8.95. The third-order valence-electron chi connectivity index (χ3n) is 8.95. The van der Waals surface area contributed by atoms with Crippen LogP contribution < -0.4 is 0 Å². The van der Waals surface area contributed by atoms with Gasteiger partial charge >= 0.3 is 0 Å². The molecule has 0 radical (unpaired) electrons. The molecule has 1 rings (SSSR count). The van der Waals surface area contributed by atoms with Crippen LogP contribution in [-0.2, 0) is 0 Å². The average molecular weight is 896 g/mol. The zero-order valence-corrected chi connectivity index (χ0v) is 54.0. The molecule has 0 heterocycles. The van der Waals surface area contributed by atoms with Crippen LogP contribution in [0.5, 0.6) is 0 Å². The first kappa shape index (κ1) is 96.1. The third kappa shape index (κ3) is 266. The van der Waals surface area contributed by atoms with Crippen molar-refractivity contribution in [3.05, 3.63) is 0 Å². The molecule has 0 aliphatic heterocycles. The van der Waals surface area contributed by atoms with Crippen LogP contribution in [0.1, 0.15) is 360 Å². The summed E-state index contributed by atoms with van der Waals surface area (Å²) in [6.45, 7) is 87.1. The lowest BCUT2D eigenvalue weighted by atomic mass is 9.88. The lowest BCUT2D eigenvalue weighted by Gasteiger charge is -2.18. The minimum absolute atomic E-state index is 0.500. The first-order valence-electron chi connectivity index (χ1n) is 27.9. The molecule has 0 atom stereocenters. The molecule has 0 unspecified atom stereocenters. The summed E-state index contributed by atoms with van der Waals surface area (Å²) in [4.78, 5) is 0. The van der Waals surface area contributed by atoms with Crippen LogP contribution >= 0.6 is 0 Å². The van der Waals surface area contributed by atoms with Gasteiger partial charge < -0.3 is 0 Å². The second kappa shape index (κ2) is 72.6. The van der Waals surface area contributed by atoms with Crippen molar-refractivity contribution in [2.45, 2.75) is 360 Å². The van der Waals surface area contributed by atoms with Gasteiger partial charge in [0.1, 0.15) is 0 Å². The molecule has 0 saturated heterocycles. The SMILES string of the molecule is CC.CC.CC.CC.CC(C)(C)C.CC(C)C.CC1CCCC1.CCC.CCC(C)(C)C.CCC(C)(C)C.CCC(C)(C)C.CCC(C)(C)CC.CCC(C)C.CCC(C)CC. The highest BCUT2D eigenvalue weighted by molar-refractivity contribution is 4.62. The Morgan fingerprint density at radius 3 is 0.532 bits per heavy atom. The van der Waals surface area contributed by atoms with Crippen LogP contribution in [0.25, 0.3) is 0 Å². The number of hydrogen-bond donors (Lipinski definition) is 0. The van der Waals surface area contributed by atoms with E-state index in [4.69, 9.17) is 0 Å². The van der Waals surface area contributed by atoms with Crippen molar-refractivity contribution in [2.75, 3.05) is 0 Å². The molecule has 0 aromatic heterocycles. The van der Waals surface area contributed by atoms with Crippen molar-refractivity contribution in [1.82, 2.24) is 0 Å². The highest BCUT2D eigenvalue weighted by Gasteiger charge is 2.10. The molecule has 0 heteroatoms. The second-order valence-corrected chi connectivity index (χ2v) is 23.2. The smallest absolute Gasteiger partial charge is 0.0359 e. The summed E-state index contributed by atoms with van der Waals surface area (Å²) in [6, 6.07) is 0. The molecule has 0 spiro atoms. The Hall–Kier alpha value is 0. The van der Waals surface area contributed by atoms with Gasteiger partial charge in [-0.25, -0.2) is 0 Å². The van der Waals surface area contributed by atoms with E-state index in [1.807, 2.05) is 55.4 Å². The fourth-order valence-electron chi connectivity index (χ4n) is 1.67. The summed E-state index contributed by atoms with van der Waals surface area (Å²) >= 11 is 0. The molecule has 0 aromatic carbocycles. The van der Waals surface area contributed by atoms with Crippen LogP contribution in [0.2, 0.25) is 0 Å². The van der Waals surface area contributed by atoms with Gasteiger partial charge in [-0.2, -0.15) is 0 Å². The predicted octanol–water partition coefficient (Wildman–Crippen LogP) is 26.1. The van der Waals surface area contributed by atoms with Gasteiger partial charge in [0.15, 0.2) is 0 Å². The molecule has 0 nitrogen and oxygen atoms in total. The zero-order valence-electron chi connectivity index (χ0n) is 54.0. The van der Waals surface area contributed by atoms with Gasteiger partial charge in [-0.05, 0) is 50.7 Å². The molecule has 1 aliphatic carbocycles. The van der Waals surface area contributed by atoms with E-state index in [-0.39, 0.29) is 0 Å². The van der Waals surface area contributed by atoms with Gasteiger partial charge in [0, 0.05) is 0 Å². The Morgan fingerprint density at radius 2 is 0.516 bits per heavy atom. The molecule has 1 aliphatic rings. The maximum Gasteiger partial charge on any atom is -0.0359 e. The van der Waals surface area contributed by atoms with E-state index in [0.29, 0.717) is 27.1 Å². The molecule has 62 heavy (non-hydrogen) atoms. The van der Waals surface area contributed by atoms with Crippen molar-refractivity contribution >= 4 is 0 Å². The van der Waals surface area contributed by atoms with E-state index < -0.39 is 0 Å². The highest BCUT2D eigenvalue weighted by Crippen LogP contribution is 2.23. The van der Waals surface area contributed by atoms with E-state index in [1.54, 1.807) is 0 Å². The monoisotopic (exact) mass is 895 g/mol. The van der Waals surface area contributed by atoms with Crippen molar-refractivity contribution in [3.8, 4) is 0 Å². The Balaban J connectivity index is -0.0000000386. The van der Waals surface area contributed by atoms with Crippen LogP contribution in [0.15, 0.2) is 0 Å². The molecule has 1 fully saturated rings. The van der Waals surface area contributed by atoms with Gasteiger partial charge in [-0.1, -0.05) is 360 Å². The van der Waals surface area contributed by atoms with Crippen molar-refractivity contribution < 1.29 is 0 Å². The van der Waals surface area contributed by atoms with Gasteiger partial charge in [0.05, 0.1) is 0 Å². The molecular weight excluding hydrogens is 745 g/mol. The summed E-state index contributed by atoms with van der Waals surface area (Å²) in [5.74, 6) is 3.70. The van der Waals surface area contributed by atoms with Gasteiger partial charge in [0.2, 0.25) is 0 Å². The summed E-state index contributed by atoms with van der Waals surface area (Å²) in [7, 11) is 0. The molecule has 1 saturated carbocycles. The van der Waals surface area contributed by atoms with E-state index in [0.717, 1.165) is 23.7 Å². The summed E-state index contributed by atoms with van der Waals surface area (Å²) in [5, 5.41) is 0. The molecule has 0 bridgehead atoms.